The minimum Gasteiger partial charge on any atom is -0.326 e. The molecule has 0 atom stereocenters. The first kappa shape index (κ1) is 16.1. The van der Waals surface area contributed by atoms with Gasteiger partial charge in [-0.05, 0) is 30.3 Å². The van der Waals surface area contributed by atoms with Gasteiger partial charge in [0.05, 0.1) is 17.2 Å². The second-order valence-corrected chi connectivity index (χ2v) is 5.65. The van der Waals surface area contributed by atoms with Gasteiger partial charge in [-0.3, -0.25) is 14.2 Å². The molecule has 0 bridgehead atoms. The van der Waals surface area contributed by atoms with Crippen molar-refractivity contribution in [1.29, 1.82) is 0 Å². The number of rotatable bonds is 4. The fourth-order valence-electron chi connectivity index (χ4n) is 2.30. The van der Waals surface area contributed by atoms with Gasteiger partial charge in [-0.1, -0.05) is 17.7 Å². The van der Waals surface area contributed by atoms with E-state index in [0.717, 1.165) is 0 Å². The van der Waals surface area contributed by atoms with Crippen LogP contribution in [-0.4, -0.2) is 15.5 Å². The lowest BCUT2D eigenvalue weighted by molar-refractivity contribution is -0.116. The van der Waals surface area contributed by atoms with E-state index in [1.165, 1.54) is 29.1 Å². The van der Waals surface area contributed by atoms with E-state index in [2.05, 4.69) is 10.3 Å². The molecule has 0 unspecified atom stereocenters. The van der Waals surface area contributed by atoms with Crippen LogP contribution in [0.1, 0.15) is 6.42 Å². The second-order valence-electron chi connectivity index (χ2n) is 5.21. The van der Waals surface area contributed by atoms with E-state index >= 15 is 0 Å². The molecular weight excluding hydrogens is 333 g/mol. The Balaban J connectivity index is 1.71. The molecule has 24 heavy (non-hydrogen) atoms. The van der Waals surface area contributed by atoms with Crippen LogP contribution in [0, 0.1) is 5.82 Å². The van der Waals surface area contributed by atoms with Crippen LogP contribution in [0.3, 0.4) is 0 Å². The molecule has 0 saturated carbocycles. The number of aromatic nitrogens is 2. The highest BCUT2D eigenvalue weighted by Crippen LogP contribution is 2.15. The van der Waals surface area contributed by atoms with Crippen LogP contribution >= 0.6 is 11.6 Å². The molecular formula is C17H13ClFN3O2. The molecule has 7 heteroatoms. The first-order valence-electron chi connectivity index (χ1n) is 7.23. The fourth-order valence-corrected chi connectivity index (χ4v) is 2.49. The Labute approximate surface area is 141 Å². The molecule has 122 valence electrons. The standard InChI is InChI=1S/C17H13ClFN3O2/c18-11-2-1-3-13(8-11)21-16(23)6-7-22-10-20-15-9-12(19)4-5-14(15)17(22)24/h1-5,8-10H,6-7H2,(H,21,23). The Morgan fingerprint density at radius 1 is 1.25 bits per heavy atom. The summed E-state index contributed by atoms with van der Waals surface area (Å²) in [5.41, 5.74) is 0.571. The van der Waals surface area contributed by atoms with Crippen molar-refractivity contribution in [2.45, 2.75) is 13.0 Å². The van der Waals surface area contributed by atoms with Gasteiger partial charge in [0.25, 0.3) is 5.56 Å². The van der Waals surface area contributed by atoms with Crippen molar-refractivity contribution < 1.29 is 9.18 Å². The van der Waals surface area contributed by atoms with Crippen LogP contribution in [0.15, 0.2) is 53.6 Å². The maximum Gasteiger partial charge on any atom is 0.261 e. The van der Waals surface area contributed by atoms with Crippen molar-refractivity contribution in [3.05, 3.63) is 70.0 Å². The van der Waals surface area contributed by atoms with Crippen molar-refractivity contribution in [1.82, 2.24) is 9.55 Å². The van der Waals surface area contributed by atoms with Gasteiger partial charge in [0.2, 0.25) is 5.91 Å². The largest absolute Gasteiger partial charge is 0.326 e. The predicted molar refractivity (Wildman–Crippen MR) is 90.7 cm³/mol. The summed E-state index contributed by atoms with van der Waals surface area (Å²) in [6, 6.07) is 10.6. The van der Waals surface area contributed by atoms with Crippen molar-refractivity contribution in [2.24, 2.45) is 0 Å². The zero-order valence-corrected chi connectivity index (χ0v) is 13.3. The monoisotopic (exact) mass is 345 g/mol. The number of fused-ring (bicyclic) bond motifs is 1. The van der Waals surface area contributed by atoms with Gasteiger partial charge >= 0.3 is 0 Å². The van der Waals surface area contributed by atoms with Crippen molar-refractivity contribution in [2.75, 3.05) is 5.32 Å². The minimum absolute atomic E-state index is 0.0980. The average molecular weight is 346 g/mol. The number of nitrogens with one attached hydrogen (secondary N) is 1. The topological polar surface area (TPSA) is 64.0 Å². The van der Waals surface area contributed by atoms with Crippen LogP contribution in [-0.2, 0) is 11.3 Å². The molecule has 3 aromatic rings. The highest BCUT2D eigenvalue weighted by molar-refractivity contribution is 6.30. The van der Waals surface area contributed by atoms with E-state index in [1.807, 2.05) is 0 Å². The zero-order chi connectivity index (χ0) is 17.1. The summed E-state index contributed by atoms with van der Waals surface area (Å²) < 4.78 is 14.5. The Hall–Kier alpha value is -2.73. The first-order chi connectivity index (χ1) is 11.5. The molecule has 1 N–H and O–H groups in total. The van der Waals surface area contributed by atoms with E-state index in [1.54, 1.807) is 24.3 Å². The van der Waals surface area contributed by atoms with Crippen LogP contribution in [0.5, 0.6) is 0 Å². The Morgan fingerprint density at radius 3 is 2.88 bits per heavy atom. The molecule has 0 fully saturated rings. The van der Waals surface area contributed by atoms with Crippen molar-refractivity contribution in [3.63, 3.8) is 0 Å². The average Bonchev–Trinajstić information content (AvgIpc) is 2.54. The molecule has 0 aliphatic rings. The van der Waals surface area contributed by atoms with Gasteiger partial charge in [0, 0.05) is 29.7 Å². The van der Waals surface area contributed by atoms with Gasteiger partial charge in [-0.2, -0.15) is 0 Å². The van der Waals surface area contributed by atoms with Crippen LogP contribution in [0.2, 0.25) is 5.02 Å². The lowest BCUT2D eigenvalue weighted by Gasteiger charge is -2.08. The number of halogens is 2. The summed E-state index contributed by atoms with van der Waals surface area (Å²) in [6.45, 7) is 0.172. The van der Waals surface area contributed by atoms with Gasteiger partial charge in [-0.15, -0.1) is 0 Å². The predicted octanol–water partition coefficient (Wildman–Crippen LogP) is 3.22. The number of carbonyl (C=O) groups excluding carboxylic acids is 1. The Bertz CT molecular complexity index is 971. The number of carbonyl (C=O) groups is 1. The zero-order valence-electron chi connectivity index (χ0n) is 12.5. The normalized spacial score (nSPS) is 10.8. The summed E-state index contributed by atoms with van der Waals surface area (Å²) in [6.07, 6.45) is 1.41. The molecule has 0 aliphatic carbocycles. The van der Waals surface area contributed by atoms with E-state index < -0.39 is 5.82 Å². The Kier molecular flexibility index (Phi) is 4.57. The SMILES string of the molecule is O=C(CCn1cnc2cc(F)ccc2c1=O)Nc1cccc(Cl)c1. The summed E-state index contributed by atoms with van der Waals surface area (Å²) in [4.78, 5) is 28.3. The molecule has 0 aliphatic heterocycles. The van der Waals surface area contributed by atoms with E-state index in [9.17, 15) is 14.0 Å². The first-order valence-corrected chi connectivity index (χ1v) is 7.61. The third-order valence-electron chi connectivity index (χ3n) is 3.48. The van der Waals surface area contributed by atoms with E-state index in [-0.39, 0.29) is 24.4 Å². The third-order valence-corrected chi connectivity index (χ3v) is 3.71. The highest BCUT2D eigenvalue weighted by Gasteiger charge is 2.08. The highest BCUT2D eigenvalue weighted by atomic mass is 35.5. The van der Waals surface area contributed by atoms with E-state index in [0.29, 0.717) is 21.6 Å². The number of hydrogen-bond acceptors (Lipinski definition) is 3. The number of hydrogen-bond donors (Lipinski definition) is 1. The van der Waals surface area contributed by atoms with E-state index in [4.69, 9.17) is 11.6 Å². The summed E-state index contributed by atoms with van der Waals surface area (Å²) in [5, 5.41) is 3.55. The maximum atomic E-state index is 13.1. The molecule has 3 rings (SSSR count). The molecule has 5 nitrogen and oxygen atoms in total. The summed E-state index contributed by atoms with van der Waals surface area (Å²) in [5.74, 6) is -0.698. The number of nitrogens with zero attached hydrogens (tertiary/aromatic N) is 2. The van der Waals surface area contributed by atoms with Crippen molar-refractivity contribution in [3.8, 4) is 0 Å². The summed E-state index contributed by atoms with van der Waals surface area (Å²) in [7, 11) is 0. The van der Waals surface area contributed by atoms with Gasteiger partial charge in [-0.25, -0.2) is 9.37 Å². The molecule has 0 radical (unpaired) electrons. The van der Waals surface area contributed by atoms with Gasteiger partial charge in [0.1, 0.15) is 5.82 Å². The Morgan fingerprint density at radius 2 is 2.08 bits per heavy atom. The fraction of sp³-hybridized carbons (Fsp3) is 0.118. The summed E-state index contributed by atoms with van der Waals surface area (Å²) >= 11 is 5.86. The van der Waals surface area contributed by atoms with Crippen LogP contribution in [0.4, 0.5) is 10.1 Å². The second kappa shape index (κ2) is 6.80. The lowest BCUT2D eigenvalue weighted by Crippen LogP contribution is -2.23. The van der Waals surface area contributed by atoms with Gasteiger partial charge in [0.15, 0.2) is 0 Å². The molecule has 0 spiro atoms. The number of benzene rings is 2. The molecule has 1 aromatic heterocycles. The smallest absolute Gasteiger partial charge is 0.261 e. The number of aryl methyl sites for hydroxylation is 1. The number of amides is 1. The third kappa shape index (κ3) is 3.60. The van der Waals surface area contributed by atoms with Crippen LogP contribution in [0.25, 0.3) is 10.9 Å². The van der Waals surface area contributed by atoms with Crippen LogP contribution < -0.4 is 10.9 Å². The quantitative estimate of drug-likeness (QED) is 0.789. The molecule has 1 heterocycles. The maximum absolute atomic E-state index is 13.1. The molecule has 0 saturated heterocycles. The molecule has 2 aromatic carbocycles. The lowest BCUT2D eigenvalue weighted by atomic mass is 10.2. The van der Waals surface area contributed by atoms with Gasteiger partial charge < -0.3 is 5.32 Å². The molecule has 1 amide bonds. The van der Waals surface area contributed by atoms with Crippen molar-refractivity contribution >= 4 is 34.1 Å². The minimum atomic E-state index is -0.451. The number of anilines is 1.